The fourth-order valence-electron chi connectivity index (χ4n) is 2.09. The van der Waals surface area contributed by atoms with Crippen LogP contribution in [0.25, 0.3) is 0 Å². The number of ether oxygens (including phenoxy) is 1. The number of amides is 2. The summed E-state index contributed by atoms with van der Waals surface area (Å²) in [7, 11) is 0. The Kier molecular flexibility index (Phi) is 5.91. The number of aliphatic carboxylic acids is 1. The molecule has 0 saturated carbocycles. The first-order valence-electron chi connectivity index (χ1n) is 6.41. The minimum atomic E-state index is -0.929. The number of hydrogen-bond donors (Lipinski definition) is 2. The number of rotatable bonds is 5. The van der Waals surface area contributed by atoms with Crippen LogP contribution in [0.3, 0.4) is 0 Å². The molecule has 1 fully saturated rings. The van der Waals surface area contributed by atoms with E-state index in [-0.39, 0.29) is 6.03 Å². The Morgan fingerprint density at radius 1 is 1.50 bits per heavy atom. The molecule has 1 aliphatic rings. The molecule has 0 aromatic carbocycles. The minimum absolute atomic E-state index is 0.311. The van der Waals surface area contributed by atoms with Gasteiger partial charge in [0, 0.05) is 19.7 Å². The molecule has 1 rings (SSSR count). The second-order valence-electron chi connectivity index (χ2n) is 4.61. The van der Waals surface area contributed by atoms with Crippen LogP contribution in [-0.4, -0.2) is 54.4 Å². The van der Waals surface area contributed by atoms with Gasteiger partial charge in [0.1, 0.15) is 6.04 Å². The van der Waals surface area contributed by atoms with Gasteiger partial charge in [0.2, 0.25) is 0 Å². The van der Waals surface area contributed by atoms with Crippen molar-refractivity contribution < 1.29 is 19.4 Å². The van der Waals surface area contributed by atoms with Gasteiger partial charge in [-0.2, -0.15) is 0 Å². The number of carboxylic acid groups (broad SMARTS) is 1. The van der Waals surface area contributed by atoms with Crippen molar-refractivity contribution in [3.63, 3.8) is 0 Å². The number of hydrogen-bond acceptors (Lipinski definition) is 3. The lowest BCUT2D eigenvalue weighted by Gasteiger charge is -2.35. The molecule has 0 spiro atoms. The molecule has 0 bridgehead atoms. The molecule has 2 unspecified atom stereocenters. The van der Waals surface area contributed by atoms with Crippen molar-refractivity contribution in [1.82, 2.24) is 10.2 Å². The third kappa shape index (κ3) is 4.18. The molecule has 0 aromatic rings. The van der Waals surface area contributed by atoms with Gasteiger partial charge in [-0.05, 0) is 25.7 Å². The molecule has 2 N–H and O–H groups in total. The normalized spacial score (nSPS) is 23.8. The van der Waals surface area contributed by atoms with Crippen LogP contribution >= 0.6 is 0 Å². The van der Waals surface area contributed by atoms with Gasteiger partial charge >= 0.3 is 12.0 Å². The van der Waals surface area contributed by atoms with Crippen LogP contribution < -0.4 is 5.32 Å². The van der Waals surface area contributed by atoms with Crippen LogP contribution in [0, 0.1) is 5.92 Å². The van der Waals surface area contributed by atoms with Crippen LogP contribution in [0.4, 0.5) is 4.79 Å². The first-order valence-corrected chi connectivity index (χ1v) is 6.41. The zero-order valence-electron chi connectivity index (χ0n) is 11.0. The zero-order chi connectivity index (χ0) is 13.5. The van der Waals surface area contributed by atoms with Crippen molar-refractivity contribution in [1.29, 1.82) is 0 Å². The molecule has 0 radical (unpaired) electrons. The summed E-state index contributed by atoms with van der Waals surface area (Å²) >= 11 is 0. The van der Waals surface area contributed by atoms with E-state index in [4.69, 9.17) is 9.84 Å². The molecule has 6 nitrogen and oxygen atoms in total. The standard InChI is InChI=1S/C12H22N2O4/c1-3-18-7-5-13-12(17)14-6-4-9(2)8-10(14)11(15)16/h9-10H,3-8H2,1-2H3,(H,13,17)(H,15,16). The molecule has 1 aliphatic heterocycles. The molecular weight excluding hydrogens is 236 g/mol. The molecule has 1 saturated heterocycles. The maximum absolute atomic E-state index is 11.9. The van der Waals surface area contributed by atoms with Gasteiger partial charge in [-0.3, -0.25) is 0 Å². The zero-order valence-corrected chi connectivity index (χ0v) is 11.0. The molecule has 104 valence electrons. The fraction of sp³-hybridized carbons (Fsp3) is 0.833. The molecular formula is C12H22N2O4. The maximum atomic E-state index is 11.9. The lowest BCUT2D eigenvalue weighted by atomic mass is 9.93. The lowest BCUT2D eigenvalue weighted by molar-refractivity contribution is -0.143. The summed E-state index contributed by atoms with van der Waals surface area (Å²) in [6, 6.07) is -1.02. The summed E-state index contributed by atoms with van der Waals surface area (Å²) in [4.78, 5) is 24.4. The summed E-state index contributed by atoms with van der Waals surface area (Å²) in [6.45, 7) is 5.86. The van der Waals surface area contributed by atoms with Gasteiger partial charge < -0.3 is 20.1 Å². The van der Waals surface area contributed by atoms with Crippen molar-refractivity contribution in [2.75, 3.05) is 26.3 Å². The third-order valence-electron chi connectivity index (χ3n) is 3.14. The van der Waals surface area contributed by atoms with E-state index in [2.05, 4.69) is 5.32 Å². The Labute approximate surface area is 107 Å². The van der Waals surface area contributed by atoms with E-state index >= 15 is 0 Å². The first kappa shape index (κ1) is 14.8. The van der Waals surface area contributed by atoms with Crippen LogP contribution in [0.2, 0.25) is 0 Å². The Bertz CT molecular complexity index is 296. The fourth-order valence-corrected chi connectivity index (χ4v) is 2.09. The number of likely N-dealkylation sites (tertiary alicyclic amines) is 1. The second-order valence-corrected chi connectivity index (χ2v) is 4.61. The summed E-state index contributed by atoms with van der Waals surface area (Å²) < 4.78 is 5.11. The van der Waals surface area contributed by atoms with E-state index in [1.165, 1.54) is 4.90 Å². The monoisotopic (exact) mass is 258 g/mol. The highest BCUT2D eigenvalue weighted by Gasteiger charge is 2.34. The Morgan fingerprint density at radius 2 is 2.22 bits per heavy atom. The van der Waals surface area contributed by atoms with Gasteiger partial charge in [-0.1, -0.05) is 6.92 Å². The van der Waals surface area contributed by atoms with E-state index in [0.717, 1.165) is 6.42 Å². The Morgan fingerprint density at radius 3 is 2.83 bits per heavy atom. The largest absolute Gasteiger partial charge is 0.480 e. The quantitative estimate of drug-likeness (QED) is 0.719. The van der Waals surface area contributed by atoms with Crippen molar-refractivity contribution in [3.05, 3.63) is 0 Å². The average molecular weight is 258 g/mol. The molecule has 0 aromatic heterocycles. The number of nitrogens with zero attached hydrogens (tertiary/aromatic N) is 1. The number of carbonyl (C=O) groups is 2. The van der Waals surface area contributed by atoms with Crippen molar-refractivity contribution in [3.8, 4) is 0 Å². The van der Waals surface area contributed by atoms with Gasteiger partial charge in [-0.25, -0.2) is 9.59 Å². The highest BCUT2D eigenvalue weighted by atomic mass is 16.5. The predicted octanol–water partition coefficient (Wildman–Crippen LogP) is 0.918. The van der Waals surface area contributed by atoms with Crippen molar-refractivity contribution >= 4 is 12.0 Å². The summed E-state index contributed by atoms with van der Waals surface area (Å²) in [5.41, 5.74) is 0. The molecule has 1 heterocycles. The number of carbonyl (C=O) groups excluding carboxylic acids is 1. The van der Waals surface area contributed by atoms with Gasteiger partial charge in [0.15, 0.2) is 0 Å². The van der Waals surface area contributed by atoms with Crippen LogP contribution in [0.5, 0.6) is 0 Å². The molecule has 2 amide bonds. The third-order valence-corrected chi connectivity index (χ3v) is 3.14. The SMILES string of the molecule is CCOCCNC(=O)N1CCC(C)CC1C(=O)O. The highest BCUT2D eigenvalue weighted by Crippen LogP contribution is 2.22. The van der Waals surface area contributed by atoms with Crippen molar-refractivity contribution in [2.45, 2.75) is 32.7 Å². The number of nitrogens with one attached hydrogen (secondary N) is 1. The molecule has 0 aliphatic carbocycles. The second kappa shape index (κ2) is 7.20. The number of urea groups is 1. The van der Waals surface area contributed by atoms with E-state index in [1.807, 2.05) is 13.8 Å². The topological polar surface area (TPSA) is 78.9 Å². The van der Waals surface area contributed by atoms with E-state index < -0.39 is 12.0 Å². The van der Waals surface area contributed by atoms with E-state index in [0.29, 0.717) is 38.6 Å². The summed E-state index contributed by atoms with van der Waals surface area (Å²) in [6.07, 6.45) is 1.37. The predicted molar refractivity (Wildman–Crippen MR) is 66.4 cm³/mol. The van der Waals surface area contributed by atoms with Crippen molar-refractivity contribution in [2.24, 2.45) is 5.92 Å². The smallest absolute Gasteiger partial charge is 0.326 e. The highest BCUT2D eigenvalue weighted by molar-refractivity contribution is 5.82. The number of carboxylic acids is 1. The minimum Gasteiger partial charge on any atom is -0.480 e. The van der Waals surface area contributed by atoms with Crippen LogP contribution in [-0.2, 0) is 9.53 Å². The van der Waals surface area contributed by atoms with E-state index in [1.54, 1.807) is 0 Å². The van der Waals surface area contributed by atoms with Crippen LogP contribution in [0.1, 0.15) is 26.7 Å². The number of piperidine rings is 1. The van der Waals surface area contributed by atoms with Crippen LogP contribution in [0.15, 0.2) is 0 Å². The Hall–Kier alpha value is -1.30. The van der Waals surface area contributed by atoms with Gasteiger partial charge in [0.25, 0.3) is 0 Å². The lowest BCUT2D eigenvalue weighted by Crippen LogP contribution is -2.53. The summed E-state index contributed by atoms with van der Waals surface area (Å²) in [5, 5.41) is 11.8. The van der Waals surface area contributed by atoms with Gasteiger partial charge in [0.05, 0.1) is 6.61 Å². The van der Waals surface area contributed by atoms with Gasteiger partial charge in [-0.15, -0.1) is 0 Å². The van der Waals surface area contributed by atoms with E-state index in [9.17, 15) is 9.59 Å². The Balaban J connectivity index is 2.46. The summed E-state index contributed by atoms with van der Waals surface area (Å²) in [5.74, 6) is -0.583. The average Bonchev–Trinajstić information content (AvgIpc) is 2.34. The molecule has 6 heteroatoms. The molecule has 2 atom stereocenters. The first-order chi connectivity index (χ1) is 8.56. The maximum Gasteiger partial charge on any atom is 0.326 e. The molecule has 18 heavy (non-hydrogen) atoms.